The molecule has 0 saturated heterocycles. The van der Waals surface area contributed by atoms with E-state index in [2.05, 4.69) is 26.8 Å². The average Bonchev–Trinajstić information content (AvgIpc) is 2.96. The summed E-state index contributed by atoms with van der Waals surface area (Å²) in [6.07, 6.45) is 3.07. The maximum Gasteiger partial charge on any atom is 0.262 e. The van der Waals surface area contributed by atoms with E-state index in [-0.39, 0.29) is 17.6 Å². The molecule has 0 spiro atoms. The quantitative estimate of drug-likeness (QED) is 0.448. The number of hydrazine groups is 1. The van der Waals surface area contributed by atoms with Gasteiger partial charge >= 0.3 is 0 Å². The van der Waals surface area contributed by atoms with Crippen LogP contribution in [-0.4, -0.2) is 17.6 Å². The van der Waals surface area contributed by atoms with Crippen LogP contribution in [0.3, 0.4) is 0 Å². The van der Waals surface area contributed by atoms with Gasteiger partial charge < -0.3 is 0 Å². The molecule has 0 aliphatic carbocycles. The van der Waals surface area contributed by atoms with Gasteiger partial charge in [0.1, 0.15) is 0 Å². The number of aryl methyl sites for hydroxylation is 1. The maximum atomic E-state index is 11.7. The lowest BCUT2D eigenvalue weighted by Crippen LogP contribution is -2.41. The second-order valence-corrected chi connectivity index (χ2v) is 8.16. The molecule has 0 fully saturated rings. The summed E-state index contributed by atoms with van der Waals surface area (Å²) in [6.45, 7) is 2.01. The minimum atomic E-state index is -0.372. The van der Waals surface area contributed by atoms with Crippen LogP contribution in [0.2, 0.25) is 0 Å². The molecule has 0 radical (unpaired) electrons. The molecule has 120 valence electrons. The summed E-state index contributed by atoms with van der Waals surface area (Å²) >= 11 is 6.29. The van der Waals surface area contributed by atoms with Gasteiger partial charge in [0.25, 0.3) is 5.91 Å². The zero-order valence-electron chi connectivity index (χ0n) is 12.3. The molecule has 1 aromatic heterocycles. The molecule has 0 bridgehead atoms. The monoisotopic (exact) mass is 410 g/mol. The fourth-order valence-corrected chi connectivity index (χ4v) is 3.59. The van der Waals surface area contributed by atoms with Crippen molar-refractivity contribution in [1.82, 2.24) is 10.9 Å². The van der Waals surface area contributed by atoms with Crippen molar-refractivity contribution in [1.29, 1.82) is 0 Å². The predicted molar refractivity (Wildman–Crippen MR) is 99.2 cm³/mol. The third-order valence-corrected chi connectivity index (χ3v) is 5.31. The number of amides is 2. The zero-order valence-corrected chi connectivity index (χ0v) is 15.6. The molecule has 0 aliphatic rings. The lowest BCUT2D eigenvalue weighted by atomic mass is 10.2. The number of nitrogens with one attached hydrogen (secondary N) is 2. The molecule has 1 aromatic carbocycles. The van der Waals surface area contributed by atoms with E-state index in [9.17, 15) is 9.59 Å². The molecule has 23 heavy (non-hydrogen) atoms. The van der Waals surface area contributed by atoms with Crippen LogP contribution in [0.4, 0.5) is 0 Å². The minimum absolute atomic E-state index is 0.241. The van der Waals surface area contributed by atoms with Crippen molar-refractivity contribution >= 4 is 56.9 Å². The van der Waals surface area contributed by atoms with Crippen LogP contribution < -0.4 is 10.9 Å². The van der Waals surface area contributed by atoms with E-state index in [1.54, 1.807) is 6.08 Å². The third-order valence-electron chi connectivity index (χ3n) is 2.71. The molecule has 2 aromatic rings. The number of thioether (sulfide) groups is 1. The highest BCUT2D eigenvalue weighted by Gasteiger charge is 2.04. The molecule has 2 N–H and O–H groups in total. The van der Waals surface area contributed by atoms with Crippen LogP contribution >= 0.6 is 39.0 Å². The van der Waals surface area contributed by atoms with E-state index in [0.717, 1.165) is 13.6 Å². The lowest BCUT2D eigenvalue weighted by Gasteiger charge is -2.05. The van der Waals surface area contributed by atoms with Gasteiger partial charge in [-0.3, -0.25) is 20.4 Å². The molecular formula is C16H15BrN2O2S2. The fourth-order valence-electron chi connectivity index (χ4n) is 1.57. The Morgan fingerprint density at radius 2 is 1.91 bits per heavy atom. The summed E-state index contributed by atoms with van der Waals surface area (Å²) in [5.74, 6) is -0.385. The van der Waals surface area contributed by atoms with E-state index >= 15 is 0 Å². The Bertz CT molecular complexity index is 711. The number of halogens is 1. The molecule has 4 nitrogen and oxygen atoms in total. The second-order valence-electron chi connectivity index (χ2n) is 4.61. The van der Waals surface area contributed by atoms with Crippen LogP contribution in [0.5, 0.6) is 0 Å². The Hall–Kier alpha value is -1.57. The molecular weight excluding hydrogens is 396 g/mol. The average molecular weight is 411 g/mol. The maximum absolute atomic E-state index is 11.7. The van der Waals surface area contributed by atoms with Gasteiger partial charge in [-0.15, -0.1) is 23.1 Å². The largest absolute Gasteiger partial charge is 0.272 e. The van der Waals surface area contributed by atoms with Crippen LogP contribution in [-0.2, 0) is 9.59 Å². The van der Waals surface area contributed by atoms with Gasteiger partial charge in [-0.1, -0.05) is 17.7 Å². The van der Waals surface area contributed by atoms with Crippen molar-refractivity contribution in [2.24, 2.45) is 0 Å². The van der Waals surface area contributed by atoms with Crippen LogP contribution in [0.15, 0.2) is 51.2 Å². The number of benzene rings is 1. The predicted octanol–water partition coefficient (Wildman–Crippen LogP) is 3.77. The fraction of sp³-hybridized carbons (Fsp3) is 0.125. The van der Waals surface area contributed by atoms with Gasteiger partial charge in [0.15, 0.2) is 0 Å². The number of carbonyl (C=O) groups excluding carboxylic acids is 2. The molecule has 2 rings (SSSR count). The Labute approximate surface area is 151 Å². The van der Waals surface area contributed by atoms with Crippen molar-refractivity contribution in [3.05, 3.63) is 56.7 Å². The molecule has 1 heterocycles. The first-order valence-electron chi connectivity index (χ1n) is 6.74. The van der Waals surface area contributed by atoms with E-state index in [1.165, 1.54) is 34.7 Å². The van der Waals surface area contributed by atoms with Gasteiger partial charge in [0, 0.05) is 15.8 Å². The Morgan fingerprint density at radius 3 is 2.57 bits per heavy atom. The zero-order chi connectivity index (χ0) is 16.7. The summed E-state index contributed by atoms with van der Waals surface area (Å²) in [4.78, 5) is 25.3. The highest BCUT2D eigenvalue weighted by Crippen LogP contribution is 2.22. The lowest BCUT2D eigenvalue weighted by molar-refractivity contribution is -0.125. The summed E-state index contributed by atoms with van der Waals surface area (Å²) in [5, 5.41) is 0. The Balaban J connectivity index is 1.70. The first kappa shape index (κ1) is 17.8. The van der Waals surface area contributed by atoms with E-state index in [4.69, 9.17) is 0 Å². The highest BCUT2D eigenvalue weighted by atomic mass is 79.9. The van der Waals surface area contributed by atoms with Gasteiger partial charge in [0.05, 0.1) is 9.54 Å². The molecule has 0 unspecified atom stereocenters. The number of rotatable bonds is 5. The van der Waals surface area contributed by atoms with Gasteiger partial charge in [-0.2, -0.15) is 0 Å². The minimum Gasteiger partial charge on any atom is -0.272 e. The molecule has 7 heteroatoms. The third kappa shape index (κ3) is 6.60. The normalized spacial score (nSPS) is 10.7. The number of hydrogen-bond acceptors (Lipinski definition) is 4. The summed E-state index contributed by atoms with van der Waals surface area (Å²) in [7, 11) is 0. The SMILES string of the molecule is Cc1ccc(SCC(=O)NNC(=O)/C=C/c2ccc(Br)s2)cc1. The molecule has 0 atom stereocenters. The summed E-state index contributed by atoms with van der Waals surface area (Å²) in [5.41, 5.74) is 5.92. The number of hydrogen-bond donors (Lipinski definition) is 2. The summed E-state index contributed by atoms with van der Waals surface area (Å²) < 4.78 is 0.999. The van der Waals surface area contributed by atoms with Crippen molar-refractivity contribution < 1.29 is 9.59 Å². The number of thiophene rings is 1. The van der Waals surface area contributed by atoms with Crippen molar-refractivity contribution in [3.63, 3.8) is 0 Å². The topological polar surface area (TPSA) is 58.2 Å². The van der Waals surface area contributed by atoms with E-state index in [0.29, 0.717) is 0 Å². The van der Waals surface area contributed by atoms with Crippen molar-refractivity contribution in [2.45, 2.75) is 11.8 Å². The first-order valence-corrected chi connectivity index (χ1v) is 9.34. The van der Waals surface area contributed by atoms with Crippen LogP contribution in [0.1, 0.15) is 10.4 Å². The van der Waals surface area contributed by atoms with E-state index < -0.39 is 0 Å². The van der Waals surface area contributed by atoms with Crippen molar-refractivity contribution in [2.75, 3.05) is 5.75 Å². The second kappa shape index (κ2) is 8.90. The smallest absolute Gasteiger partial charge is 0.262 e. The molecule has 0 aliphatic heterocycles. The van der Waals surface area contributed by atoms with Crippen LogP contribution in [0.25, 0.3) is 6.08 Å². The summed E-state index contributed by atoms with van der Waals surface area (Å²) in [6, 6.07) is 11.7. The van der Waals surface area contributed by atoms with Crippen molar-refractivity contribution in [3.8, 4) is 0 Å². The van der Waals surface area contributed by atoms with Gasteiger partial charge in [0.2, 0.25) is 5.91 Å². The van der Waals surface area contributed by atoms with Gasteiger partial charge in [-0.25, -0.2) is 0 Å². The van der Waals surface area contributed by atoms with E-state index in [1.807, 2.05) is 43.3 Å². The number of carbonyl (C=O) groups is 2. The molecule has 2 amide bonds. The first-order chi connectivity index (χ1) is 11.0. The Morgan fingerprint density at radius 1 is 1.17 bits per heavy atom. The standard InChI is InChI=1S/C16H15BrN2O2S2/c1-11-2-4-12(5-3-11)22-10-16(21)19-18-15(20)9-7-13-6-8-14(17)23-13/h2-9H,10H2,1H3,(H,18,20)(H,19,21)/b9-7+. The van der Waals surface area contributed by atoms with Gasteiger partial charge in [-0.05, 0) is 53.2 Å². The molecule has 0 saturated carbocycles. The van der Waals surface area contributed by atoms with Crippen LogP contribution in [0, 0.1) is 6.92 Å². The Kier molecular flexibility index (Phi) is 6.88. The highest BCUT2D eigenvalue weighted by molar-refractivity contribution is 9.11.